The molecule has 0 aromatic carbocycles. The van der Waals surface area contributed by atoms with Crippen molar-refractivity contribution in [1.82, 2.24) is 9.55 Å². The average Bonchev–Trinajstić information content (AvgIpc) is 2.68. The number of ether oxygens (including phenoxy) is 1. The topological polar surface area (TPSA) is 78.3 Å². The summed E-state index contributed by atoms with van der Waals surface area (Å²) in [6, 6.07) is 0. The van der Waals surface area contributed by atoms with Crippen LogP contribution in [0.3, 0.4) is 0 Å². The quantitative estimate of drug-likeness (QED) is 0.535. The molecule has 0 saturated carbocycles. The van der Waals surface area contributed by atoms with Gasteiger partial charge in [0.05, 0.1) is 6.42 Å². The van der Waals surface area contributed by atoms with E-state index in [4.69, 9.17) is 4.74 Å². The van der Waals surface area contributed by atoms with Gasteiger partial charge in [-0.2, -0.15) is 0 Å². The van der Waals surface area contributed by atoms with Gasteiger partial charge < -0.3 is 4.74 Å². The number of esters is 1. The summed E-state index contributed by atoms with van der Waals surface area (Å²) in [6.07, 6.45) is 4.19. The van der Waals surface area contributed by atoms with Crippen LogP contribution in [0.4, 0.5) is 0 Å². The van der Waals surface area contributed by atoms with E-state index in [0.29, 0.717) is 0 Å². The standard InChI is InChI=1S/C10H12N2O4/c1-8(13)6-10(15)16-5-2-9(14)12-4-3-11-7-12/h3-4,7H,2,5-6H2,1H3. The fourth-order valence-electron chi connectivity index (χ4n) is 1.04. The lowest BCUT2D eigenvalue weighted by Gasteiger charge is -2.03. The van der Waals surface area contributed by atoms with E-state index in [-0.39, 0.29) is 31.1 Å². The minimum absolute atomic E-state index is 0.0247. The molecule has 0 N–H and O–H groups in total. The highest BCUT2D eigenvalue weighted by atomic mass is 16.5. The second-order valence-corrected chi connectivity index (χ2v) is 3.21. The number of carbonyl (C=O) groups is 3. The molecule has 6 heteroatoms. The van der Waals surface area contributed by atoms with Crippen LogP contribution in [0.15, 0.2) is 18.7 Å². The lowest BCUT2D eigenvalue weighted by Crippen LogP contribution is -2.15. The highest BCUT2D eigenvalue weighted by Crippen LogP contribution is 1.94. The van der Waals surface area contributed by atoms with Gasteiger partial charge in [0, 0.05) is 12.4 Å². The van der Waals surface area contributed by atoms with Gasteiger partial charge in [0.15, 0.2) is 0 Å². The van der Waals surface area contributed by atoms with Crippen LogP contribution in [0.25, 0.3) is 0 Å². The van der Waals surface area contributed by atoms with Gasteiger partial charge in [-0.3, -0.25) is 19.0 Å². The minimum Gasteiger partial charge on any atom is -0.465 e. The third-order valence-electron chi connectivity index (χ3n) is 1.76. The zero-order valence-corrected chi connectivity index (χ0v) is 8.88. The Hall–Kier alpha value is -1.98. The monoisotopic (exact) mass is 224 g/mol. The molecule has 6 nitrogen and oxygen atoms in total. The molecular formula is C10H12N2O4. The van der Waals surface area contributed by atoms with Gasteiger partial charge in [-0.25, -0.2) is 4.98 Å². The number of carbonyl (C=O) groups excluding carboxylic acids is 3. The first kappa shape index (κ1) is 12.1. The number of aromatic nitrogens is 2. The Morgan fingerprint density at radius 1 is 1.38 bits per heavy atom. The normalized spacial score (nSPS) is 9.81. The zero-order valence-electron chi connectivity index (χ0n) is 8.88. The predicted octanol–water partition coefficient (Wildman–Crippen LogP) is 0.436. The molecular weight excluding hydrogens is 212 g/mol. The Labute approximate surface area is 92.2 Å². The highest BCUT2D eigenvalue weighted by molar-refractivity contribution is 5.94. The van der Waals surface area contributed by atoms with Crippen LogP contribution >= 0.6 is 0 Å². The number of Topliss-reactive ketones (excluding diaryl/α,β-unsaturated/α-hetero) is 1. The summed E-state index contributed by atoms with van der Waals surface area (Å²) in [5.41, 5.74) is 0. The second-order valence-electron chi connectivity index (χ2n) is 3.21. The first-order valence-electron chi connectivity index (χ1n) is 4.76. The molecule has 1 aromatic rings. The Morgan fingerprint density at radius 3 is 2.69 bits per heavy atom. The van der Waals surface area contributed by atoms with Crippen LogP contribution in [-0.2, 0) is 14.3 Å². The van der Waals surface area contributed by atoms with Crippen LogP contribution in [0.2, 0.25) is 0 Å². The smallest absolute Gasteiger partial charge is 0.313 e. The van der Waals surface area contributed by atoms with Gasteiger partial charge in [-0.1, -0.05) is 0 Å². The summed E-state index contributed by atoms with van der Waals surface area (Å²) in [7, 11) is 0. The summed E-state index contributed by atoms with van der Waals surface area (Å²) < 4.78 is 6.01. The van der Waals surface area contributed by atoms with Crippen LogP contribution < -0.4 is 0 Å². The molecule has 0 atom stereocenters. The highest BCUT2D eigenvalue weighted by Gasteiger charge is 2.08. The van der Waals surface area contributed by atoms with Crippen molar-refractivity contribution in [3.8, 4) is 0 Å². The van der Waals surface area contributed by atoms with Crippen molar-refractivity contribution in [1.29, 1.82) is 0 Å². The zero-order chi connectivity index (χ0) is 12.0. The molecule has 0 radical (unpaired) electrons. The fraction of sp³-hybridized carbons (Fsp3) is 0.400. The fourth-order valence-corrected chi connectivity index (χ4v) is 1.04. The van der Waals surface area contributed by atoms with E-state index in [9.17, 15) is 14.4 Å². The van der Waals surface area contributed by atoms with Crippen LogP contribution in [-0.4, -0.2) is 33.8 Å². The molecule has 16 heavy (non-hydrogen) atoms. The lowest BCUT2D eigenvalue weighted by molar-refractivity contribution is -0.145. The largest absolute Gasteiger partial charge is 0.465 e. The Kier molecular flexibility index (Phi) is 4.38. The maximum absolute atomic E-state index is 11.4. The summed E-state index contributed by atoms with van der Waals surface area (Å²) in [5.74, 6) is -1.08. The lowest BCUT2D eigenvalue weighted by atomic mass is 10.3. The van der Waals surface area contributed by atoms with Crippen molar-refractivity contribution in [3.05, 3.63) is 18.7 Å². The van der Waals surface area contributed by atoms with E-state index in [0.717, 1.165) is 0 Å². The van der Waals surface area contributed by atoms with E-state index in [1.165, 1.54) is 30.2 Å². The van der Waals surface area contributed by atoms with E-state index >= 15 is 0 Å². The van der Waals surface area contributed by atoms with Crippen LogP contribution in [0, 0.1) is 0 Å². The van der Waals surface area contributed by atoms with E-state index in [1.807, 2.05) is 0 Å². The molecule has 0 spiro atoms. The molecule has 0 amide bonds. The van der Waals surface area contributed by atoms with Crippen molar-refractivity contribution < 1.29 is 19.1 Å². The maximum atomic E-state index is 11.4. The van der Waals surface area contributed by atoms with E-state index < -0.39 is 5.97 Å². The molecule has 0 aliphatic heterocycles. The SMILES string of the molecule is CC(=O)CC(=O)OCCC(=O)n1ccnc1. The first-order valence-corrected chi connectivity index (χ1v) is 4.76. The van der Waals surface area contributed by atoms with Crippen molar-refractivity contribution in [2.75, 3.05) is 6.61 Å². The number of rotatable bonds is 5. The van der Waals surface area contributed by atoms with Crippen molar-refractivity contribution in [3.63, 3.8) is 0 Å². The van der Waals surface area contributed by atoms with Crippen LogP contribution in [0.5, 0.6) is 0 Å². The van der Waals surface area contributed by atoms with Gasteiger partial charge in [-0.05, 0) is 6.92 Å². The molecule has 0 aliphatic carbocycles. The molecule has 0 fully saturated rings. The molecule has 0 bridgehead atoms. The van der Waals surface area contributed by atoms with Gasteiger partial charge in [-0.15, -0.1) is 0 Å². The molecule has 0 saturated heterocycles. The number of hydrogen-bond donors (Lipinski definition) is 0. The average molecular weight is 224 g/mol. The summed E-state index contributed by atoms with van der Waals surface area (Å²) in [6.45, 7) is 1.28. The van der Waals surface area contributed by atoms with E-state index in [1.54, 1.807) is 0 Å². The van der Waals surface area contributed by atoms with Gasteiger partial charge in [0.1, 0.15) is 25.1 Å². The molecule has 1 aromatic heterocycles. The van der Waals surface area contributed by atoms with Crippen LogP contribution in [0.1, 0.15) is 24.6 Å². The second kappa shape index (κ2) is 5.79. The molecule has 1 rings (SSSR count). The number of ketones is 1. The third-order valence-corrected chi connectivity index (χ3v) is 1.76. The number of hydrogen-bond acceptors (Lipinski definition) is 5. The summed E-state index contributed by atoms with van der Waals surface area (Å²) in [4.78, 5) is 36.6. The minimum atomic E-state index is -0.606. The summed E-state index contributed by atoms with van der Waals surface area (Å²) >= 11 is 0. The maximum Gasteiger partial charge on any atom is 0.313 e. The van der Waals surface area contributed by atoms with Gasteiger partial charge >= 0.3 is 5.97 Å². The molecule has 86 valence electrons. The van der Waals surface area contributed by atoms with Crippen molar-refractivity contribution in [2.24, 2.45) is 0 Å². The Balaban J connectivity index is 2.23. The number of imidazole rings is 1. The van der Waals surface area contributed by atoms with Crippen molar-refractivity contribution >= 4 is 17.7 Å². The molecule has 0 aliphatic rings. The predicted molar refractivity (Wildman–Crippen MR) is 53.7 cm³/mol. The Morgan fingerprint density at radius 2 is 2.12 bits per heavy atom. The third kappa shape index (κ3) is 4.04. The Bertz CT molecular complexity index is 384. The van der Waals surface area contributed by atoms with Gasteiger partial charge in [0.25, 0.3) is 0 Å². The van der Waals surface area contributed by atoms with Gasteiger partial charge in [0.2, 0.25) is 5.91 Å². The first-order chi connectivity index (χ1) is 7.59. The van der Waals surface area contributed by atoms with E-state index in [2.05, 4.69) is 4.98 Å². The molecule has 0 unspecified atom stereocenters. The van der Waals surface area contributed by atoms with Crippen molar-refractivity contribution in [2.45, 2.75) is 19.8 Å². The number of nitrogens with zero attached hydrogens (tertiary/aromatic N) is 2. The summed E-state index contributed by atoms with van der Waals surface area (Å²) in [5, 5.41) is 0. The molecule has 1 heterocycles.